The number of hydrogen-bond acceptors (Lipinski definition) is 3. The molecule has 5 heteroatoms. The predicted molar refractivity (Wildman–Crippen MR) is 97.1 cm³/mol. The molecule has 132 valence electrons. The standard InChI is InChI=1S/C20H23NO4/c1-14-5-6-15(2)16(12-14)13-19(22)21-17-7-9-18(10-8-17)25-11-3-4-20(23)24/h5-10,12H,3-4,11,13H2,1-2H3,(H,21,22)(H,23,24). The minimum atomic E-state index is -0.828. The van der Waals surface area contributed by atoms with Crippen LogP contribution in [0.3, 0.4) is 0 Å². The normalized spacial score (nSPS) is 10.3. The van der Waals surface area contributed by atoms with Gasteiger partial charge in [0.25, 0.3) is 0 Å². The zero-order valence-electron chi connectivity index (χ0n) is 14.5. The predicted octanol–water partition coefficient (Wildman–Crippen LogP) is 3.73. The average Bonchev–Trinajstić information content (AvgIpc) is 2.56. The van der Waals surface area contributed by atoms with Gasteiger partial charge in [-0.1, -0.05) is 23.8 Å². The summed E-state index contributed by atoms with van der Waals surface area (Å²) in [5.74, 6) is -0.243. The van der Waals surface area contributed by atoms with E-state index in [1.807, 2.05) is 32.0 Å². The Morgan fingerprint density at radius 3 is 2.48 bits per heavy atom. The SMILES string of the molecule is Cc1ccc(C)c(CC(=O)Nc2ccc(OCCCC(=O)O)cc2)c1. The van der Waals surface area contributed by atoms with Gasteiger partial charge >= 0.3 is 5.97 Å². The molecule has 0 saturated carbocycles. The van der Waals surface area contributed by atoms with Gasteiger partial charge in [0.1, 0.15) is 5.75 Å². The second kappa shape index (κ2) is 8.87. The third-order valence-electron chi connectivity index (χ3n) is 3.80. The number of ether oxygens (including phenoxy) is 1. The van der Waals surface area contributed by atoms with Crippen LogP contribution in [0.2, 0.25) is 0 Å². The zero-order valence-corrected chi connectivity index (χ0v) is 14.5. The summed E-state index contributed by atoms with van der Waals surface area (Å²) in [4.78, 5) is 22.6. The fourth-order valence-electron chi connectivity index (χ4n) is 2.42. The Labute approximate surface area is 147 Å². The number of aryl methyl sites for hydroxylation is 2. The molecule has 0 fully saturated rings. The van der Waals surface area contributed by atoms with Crippen LogP contribution in [-0.4, -0.2) is 23.6 Å². The van der Waals surface area contributed by atoms with Gasteiger partial charge in [0, 0.05) is 12.1 Å². The van der Waals surface area contributed by atoms with Crippen molar-refractivity contribution < 1.29 is 19.4 Å². The minimum Gasteiger partial charge on any atom is -0.494 e. The van der Waals surface area contributed by atoms with E-state index in [2.05, 4.69) is 5.32 Å². The summed E-state index contributed by atoms with van der Waals surface area (Å²) in [5, 5.41) is 11.4. The van der Waals surface area contributed by atoms with E-state index in [0.717, 1.165) is 16.7 Å². The molecule has 0 spiro atoms. The van der Waals surface area contributed by atoms with Crippen LogP contribution in [0.4, 0.5) is 5.69 Å². The fraction of sp³-hybridized carbons (Fsp3) is 0.300. The summed E-state index contributed by atoms with van der Waals surface area (Å²) in [5.41, 5.74) is 3.97. The molecule has 2 rings (SSSR count). The van der Waals surface area contributed by atoms with Crippen LogP contribution in [-0.2, 0) is 16.0 Å². The molecule has 0 aliphatic heterocycles. The van der Waals surface area contributed by atoms with Gasteiger partial charge in [0.2, 0.25) is 5.91 Å². The number of anilines is 1. The third-order valence-corrected chi connectivity index (χ3v) is 3.80. The molecule has 2 N–H and O–H groups in total. The molecular formula is C20H23NO4. The van der Waals surface area contributed by atoms with E-state index in [4.69, 9.17) is 9.84 Å². The topological polar surface area (TPSA) is 75.6 Å². The van der Waals surface area contributed by atoms with Crippen LogP contribution in [0, 0.1) is 13.8 Å². The quantitative estimate of drug-likeness (QED) is 0.717. The molecule has 0 aliphatic rings. The molecule has 5 nitrogen and oxygen atoms in total. The molecule has 2 aromatic carbocycles. The second-order valence-electron chi connectivity index (χ2n) is 6.03. The number of carbonyl (C=O) groups excluding carboxylic acids is 1. The van der Waals surface area contributed by atoms with Gasteiger partial charge in [-0.2, -0.15) is 0 Å². The second-order valence-corrected chi connectivity index (χ2v) is 6.03. The largest absolute Gasteiger partial charge is 0.494 e. The van der Waals surface area contributed by atoms with E-state index in [1.165, 1.54) is 0 Å². The molecule has 0 aliphatic carbocycles. The van der Waals surface area contributed by atoms with Gasteiger partial charge in [-0.25, -0.2) is 0 Å². The maximum Gasteiger partial charge on any atom is 0.303 e. The molecule has 0 unspecified atom stereocenters. The van der Waals surface area contributed by atoms with Crippen molar-refractivity contribution in [2.45, 2.75) is 33.1 Å². The Kier molecular flexibility index (Phi) is 6.57. The first-order valence-corrected chi connectivity index (χ1v) is 8.24. The van der Waals surface area contributed by atoms with Crippen LogP contribution in [0.5, 0.6) is 5.75 Å². The summed E-state index contributed by atoms with van der Waals surface area (Å²) in [6.45, 7) is 4.36. The molecule has 0 aromatic heterocycles. The number of benzene rings is 2. The minimum absolute atomic E-state index is 0.0659. The first-order valence-electron chi connectivity index (χ1n) is 8.24. The first-order chi connectivity index (χ1) is 11.9. The van der Waals surface area contributed by atoms with Crippen LogP contribution in [0.15, 0.2) is 42.5 Å². The van der Waals surface area contributed by atoms with Crippen LogP contribution in [0.25, 0.3) is 0 Å². The number of rotatable bonds is 8. The Hall–Kier alpha value is -2.82. The Morgan fingerprint density at radius 2 is 1.80 bits per heavy atom. The summed E-state index contributed by atoms with van der Waals surface area (Å²) >= 11 is 0. The molecule has 0 saturated heterocycles. The van der Waals surface area contributed by atoms with Crippen molar-refractivity contribution in [2.75, 3.05) is 11.9 Å². The van der Waals surface area contributed by atoms with Gasteiger partial charge in [0.15, 0.2) is 0 Å². The Bertz CT molecular complexity index is 738. The third kappa shape index (κ3) is 6.30. The summed E-state index contributed by atoms with van der Waals surface area (Å²) in [7, 11) is 0. The van der Waals surface area contributed by atoms with Crippen molar-refractivity contribution >= 4 is 17.6 Å². The van der Waals surface area contributed by atoms with Gasteiger partial charge in [-0.05, 0) is 55.7 Å². The van der Waals surface area contributed by atoms with Crippen LogP contribution < -0.4 is 10.1 Å². The number of hydrogen-bond donors (Lipinski definition) is 2. The summed E-state index contributed by atoms with van der Waals surface area (Å²) in [6, 6.07) is 13.1. The molecular weight excluding hydrogens is 318 g/mol. The van der Waals surface area contributed by atoms with Crippen molar-refractivity contribution in [3.8, 4) is 5.75 Å². The molecule has 0 heterocycles. The highest BCUT2D eigenvalue weighted by Crippen LogP contribution is 2.17. The maximum atomic E-state index is 12.2. The molecule has 0 atom stereocenters. The summed E-state index contributed by atoms with van der Waals surface area (Å²) in [6.07, 6.45) is 0.886. The summed E-state index contributed by atoms with van der Waals surface area (Å²) < 4.78 is 5.46. The van der Waals surface area contributed by atoms with Crippen molar-refractivity contribution in [3.63, 3.8) is 0 Å². The van der Waals surface area contributed by atoms with E-state index >= 15 is 0 Å². The van der Waals surface area contributed by atoms with E-state index in [9.17, 15) is 9.59 Å². The molecule has 0 radical (unpaired) electrons. The van der Waals surface area contributed by atoms with Gasteiger partial charge in [0.05, 0.1) is 13.0 Å². The highest BCUT2D eigenvalue weighted by Gasteiger charge is 2.07. The Balaban J connectivity index is 1.84. The lowest BCUT2D eigenvalue weighted by atomic mass is 10.0. The van der Waals surface area contributed by atoms with Crippen molar-refractivity contribution in [1.82, 2.24) is 0 Å². The number of carbonyl (C=O) groups is 2. The van der Waals surface area contributed by atoms with Gasteiger partial charge in [-0.3, -0.25) is 9.59 Å². The lowest BCUT2D eigenvalue weighted by Crippen LogP contribution is -2.15. The van der Waals surface area contributed by atoms with E-state index in [1.54, 1.807) is 24.3 Å². The highest BCUT2D eigenvalue weighted by molar-refractivity contribution is 5.92. The molecule has 0 bridgehead atoms. The maximum absolute atomic E-state index is 12.2. The highest BCUT2D eigenvalue weighted by atomic mass is 16.5. The van der Waals surface area contributed by atoms with Crippen LogP contribution in [0.1, 0.15) is 29.5 Å². The molecule has 2 aromatic rings. The number of nitrogens with one attached hydrogen (secondary N) is 1. The van der Waals surface area contributed by atoms with Crippen molar-refractivity contribution in [2.24, 2.45) is 0 Å². The number of carboxylic acids is 1. The molecule has 1 amide bonds. The van der Waals surface area contributed by atoms with Crippen molar-refractivity contribution in [3.05, 3.63) is 59.2 Å². The molecule has 25 heavy (non-hydrogen) atoms. The Morgan fingerprint density at radius 1 is 1.08 bits per heavy atom. The van der Waals surface area contributed by atoms with Gasteiger partial charge < -0.3 is 15.2 Å². The fourth-order valence-corrected chi connectivity index (χ4v) is 2.42. The number of amides is 1. The van der Waals surface area contributed by atoms with Crippen molar-refractivity contribution in [1.29, 1.82) is 0 Å². The number of carboxylic acid groups (broad SMARTS) is 1. The van der Waals surface area contributed by atoms with E-state index in [0.29, 0.717) is 30.9 Å². The average molecular weight is 341 g/mol. The monoisotopic (exact) mass is 341 g/mol. The lowest BCUT2D eigenvalue weighted by Gasteiger charge is -2.10. The van der Waals surface area contributed by atoms with Gasteiger partial charge in [-0.15, -0.1) is 0 Å². The first kappa shape index (κ1) is 18.5. The van der Waals surface area contributed by atoms with E-state index < -0.39 is 5.97 Å². The van der Waals surface area contributed by atoms with E-state index in [-0.39, 0.29) is 12.3 Å². The van der Waals surface area contributed by atoms with Crippen LogP contribution >= 0.6 is 0 Å². The zero-order chi connectivity index (χ0) is 18.2. The lowest BCUT2D eigenvalue weighted by molar-refractivity contribution is -0.137. The number of aliphatic carboxylic acids is 1. The smallest absolute Gasteiger partial charge is 0.303 e.